The van der Waals surface area contributed by atoms with Gasteiger partial charge in [-0.25, -0.2) is 4.99 Å². The SMILES string of the molecule is CCNC(=NCc1cccc(C#N)c1)NCc1cc(Cl)c(Cl)n1C. The van der Waals surface area contributed by atoms with E-state index in [1.807, 2.05) is 42.8 Å². The molecule has 7 heteroatoms. The fraction of sp³-hybridized carbons (Fsp3) is 0.294. The van der Waals surface area contributed by atoms with Crippen LogP contribution in [0.15, 0.2) is 35.3 Å². The standard InChI is InChI=1S/C17H19Cl2N5/c1-3-21-17(22-10-13-6-4-5-12(7-13)9-20)23-11-14-8-15(18)16(19)24(14)2/h4-8H,3,10-11H2,1-2H3,(H2,21,22,23). The van der Waals surface area contributed by atoms with Crippen molar-refractivity contribution in [2.45, 2.75) is 20.0 Å². The van der Waals surface area contributed by atoms with Gasteiger partial charge in [0.2, 0.25) is 0 Å². The molecule has 0 spiro atoms. The highest BCUT2D eigenvalue weighted by atomic mass is 35.5. The van der Waals surface area contributed by atoms with E-state index in [0.717, 1.165) is 17.8 Å². The van der Waals surface area contributed by atoms with Crippen LogP contribution in [0.3, 0.4) is 0 Å². The molecule has 0 saturated carbocycles. The number of halogens is 2. The molecule has 2 N–H and O–H groups in total. The van der Waals surface area contributed by atoms with Crippen LogP contribution in [-0.4, -0.2) is 17.1 Å². The van der Waals surface area contributed by atoms with E-state index in [1.54, 1.807) is 6.07 Å². The minimum absolute atomic E-state index is 0.486. The molecule has 0 aliphatic carbocycles. The first kappa shape index (κ1) is 18.2. The fourth-order valence-corrected chi connectivity index (χ4v) is 2.60. The number of hydrogen-bond donors (Lipinski definition) is 2. The highest BCUT2D eigenvalue weighted by Crippen LogP contribution is 2.24. The van der Waals surface area contributed by atoms with E-state index in [2.05, 4.69) is 21.7 Å². The molecule has 1 heterocycles. The van der Waals surface area contributed by atoms with Crippen LogP contribution in [-0.2, 0) is 20.1 Å². The minimum atomic E-state index is 0.486. The number of rotatable bonds is 5. The lowest BCUT2D eigenvalue weighted by atomic mass is 10.1. The third-order valence-corrected chi connectivity index (χ3v) is 4.31. The van der Waals surface area contributed by atoms with E-state index < -0.39 is 0 Å². The molecule has 0 fully saturated rings. The van der Waals surface area contributed by atoms with Gasteiger partial charge in [0.15, 0.2) is 5.96 Å². The van der Waals surface area contributed by atoms with Crippen LogP contribution in [0.4, 0.5) is 0 Å². The second-order valence-electron chi connectivity index (χ2n) is 5.19. The first-order valence-electron chi connectivity index (χ1n) is 7.56. The molecule has 126 valence electrons. The summed E-state index contributed by atoms with van der Waals surface area (Å²) in [5.74, 6) is 0.688. The molecule has 5 nitrogen and oxygen atoms in total. The Hall–Kier alpha value is -2.16. The topological polar surface area (TPSA) is 65.1 Å². The quantitative estimate of drug-likeness (QED) is 0.631. The molecule has 0 saturated heterocycles. The number of nitrogens with one attached hydrogen (secondary N) is 2. The van der Waals surface area contributed by atoms with Crippen molar-refractivity contribution in [2.75, 3.05) is 6.54 Å². The van der Waals surface area contributed by atoms with Gasteiger partial charge < -0.3 is 15.2 Å². The van der Waals surface area contributed by atoms with Crippen LogP contribution in [0.1, 0.15) is 23.7 Å². The smallest absolute Gasteiger partial charge is 0.191 e. The van der Waals surface area contributed by atoms with Crippen molar-refractivity contribution in [1.82, 2.24) is 15.2 Å². The highest BCUT2D eigenvalue weighted by Gasteiger charge is 2.09. The molecular formula is C17H19Cl2N5. The second kappa shape index (κ2) is 8.62. The number of nitrogens with zero attached hydrogens (tertiary/aromatic N) is 3. The van der Waals surface area contributed by atoms with Crippen molar-refractivity contribution in [3.8, 4) is 6.07 Å². The molecule has 2 rings (SSSR count). The zero-order valence-corrected chi connectivity index (χ0v) is 15.1. The Kier molecular flexibility index (Phi) is 6.53. The van der Waals surface area contributed by atoms with Crippen LogP contribution >= 0.6 is 23.2 Å². The molecular weight excluding hydrogens is 345 g/mol. The van der Waals surface area contributed by atoms with Crippen LogP contribution in [0, 0.1) is 11.3 Å². The highest BCUT2D eigenvalue weighted by molar-refractivity contribution is 6.41. The van der Waals surface area contributed by atoms with Gasteiger partial charge in [-0.3, -0.25) is 0 Å². The molecule has 0 unspecified atom stereocenters. The third-order valence-electron chi connectivity index (χ3n) is 3.47. The summed E-state index contributed by atoms with van der Waals surface area (Å²) in [4.78, 5) is 4.54. The predicted molar refractivity (Wildman–Crippen MR) is 98.2 cm³/mol. The summed E-state index contributed by atoms with van der Waals surface area (Å²) in [6.07, 6.45) is 0. The van der Waals surface area contributed by atoms with E-state index in [0.29, 0.717) is 34.8 Å². The normalized spacial score (nSPS) is 11.2. The molecule has 1 aromatic heterocycles. The summed E-state index contributed by atoms with van der Waals surface area (Å²) in [7, 11) is 1.86. The summed E-state index contributed by atoms with van der Waals surface area (Å²) in [5, 5.41) is 16.4. The van der Waals surface area contributed by atoms with Crippen molar-refractivity contribution >= 4 is 29.2 Å². The molecule has 0 atom stereocenters. The first-order chi connectivity index (χ1) is 11.5. The Morgan fingerprint density at radius 3 is 2.71 bits per heavy atom. The van der Waals surface area contributed by atoms with E-state index in [9.17, 15) is 0 Å². The van der Waals surface area contributed by atoms with Gasteiger partial charge in [0, 0.05) is 19.3 Å². The molecule has 0 amide bonds. The second-order valence-corrected chi connectivity index (χ2v) is 5.96. The molecule has 24 heavy (non-hydrogen) atoms. The maximum atomic E-state index is 8.95. The Labute approximate surface area is 151 Å². The zero-order chi connectivity index (χ0) is 17.5. The van der Waals surface area contributed by atoms with Crippen LogP contribution in [0.5, 0.6) is 0 Å². The summed E-state index contributed by atoms with van der Waals surface area (Å²) in [6.45, 7) is 3.79. The van der Waals surface area contributed by atoms with Gasteiger partial charge in [-0.15, -0.1) is 0 Å². The van der Waals surface area contributed by atoms with Crippen molar-refractivity contribution in [2.24, 2.45) is 12.0 Å². The summed E-state index contributed by atoms with van der Waals surface area (Å²) >= 11 is 12.1. The monoisotopic (exact) mass is 363 g/mol. The Morgan fingerprint density at radius 2 is 2.08 bits per heavy atom. The Balaban J connectivity index is 2.05. The fourth-order valence-electron chi connectivity index (χ4n) is 2.18. The zero-order valence-electron chi connectivity index (χ0n) is 13.6. The Bertz CT molecular complexity index is 774. The lowest BCUT2D eigenvalue weighted by Crippen LogP contribution is -2.37. The van der Waals surface area contributed by atoms with Crippen molar-refractivity contribution < 1.29 is 0 Å². The molecule has 0 radical (unpaired) electrons. The van der Waals surface area contributed by atoms with E-state index in [-0.39, 0.29) is 0 Å². The molecule has 0 aliphatic heterocycles. The van der Waals surface area contributed by atoms with Gasteiger partial charge in [0.25, 0.3) is 0 Å². The van der Waals surface area contributed by atoms with Gasteiger partial charge in [-0.2, -0.15) is 5.26 Å². The average molecular weight is 364 g/mol. The number of aromatic nitrogens is 1. The van der Waals surface area contributed by atoms with Gasteiger partial charge in [-0.05, 0) is 30.7 Å². The number of aliphatic imine (C=N–C) groups is 1. The number of benzene rings is 1. The maximum absolute atomic E-state index is 8.95. The molecule has 0 bridgehead atoms. The van der Waals surface area contributed by atoms with Crippen LogP contribution < -0.4 is 10.6 Å². The summed E-state index contributed by atoms with van der Waals surface area (Å²) < 4.78 is 1.83. The molecule has 1 aromatic carbocycles. The van der Waals surface area contributed by atoms with Crippen molar-refractivity contribution in [3.05, 3.63) is 57.3 Å². The summed E-state index contributed by atoms with van der Waals surface area (Å²) in [6, 6.07) is 11.4. The largest absolute Gasteiger partial charge is 0.357 e. The van der Waals surface area contributed by atoms with Gasteiger partial charge in [-0.1, -0.05) is 35.3 Å². The van der Waals surface area contributed by atoms with Gasteiger partial charge >= 0.3 is 0 Å². The molecule has 2 aromatic rings. The number of guanidine groups is 1. The van der Waals surface area contributed by atoms with E-state index in [4.69, 9.17) is 28.5 Å². The maximum Gasteiger partial charge on any atom is 0.191 e. The molecule has 0 aliphatic rings. The third kappa shape index (κ3) is 4.67. The lowest BCUT2D eigenvalue weighted by molar-refractivity contribution is 0.752. The lowest BCUT2D eigenvalue weighted by Gasteiger charge is -2.12. The minimum Gasteiger partial charge on any atom is -0.357 e. The van der Waals surface area contributed by atoms with Gasteiger partial charge in [0.1, 0.15) is 5.15 Å². The Morgan fingerprint density at radius 1 is 1.29 bits per heavy atom. The van der Waals surface area contributed by atoms with Crippen LogP contribution in [0.25, 0.3) is 0 Å². The van der Waals surface area contributed by atoms with Gasteiger partial charge in [0.05, 0.1) is 29.7 Å². The van der Waals surface area contributed by atoms with E-state index >= 15 is 0 Å². The summed E-state index contributed by atoms with van der Waals surface area (Å²) in [5.41, 5.74) is 2.58. The first-order valence-corrected chi connectivity index (χ1v) is 8.31. The number of nitriles is 1. The van der Waals surface area contributed by atoms with Crippen LogP contribution in [0.2, 0.25) is 10.2 Å². The van der Waals surface area contributed by atoms with E-state index in [1.165, 1.54) is 0 Å². The number of hydrogen-bond acceptors (Lipinski definition) is 2. The average Bonchev–Trinajstić information content (AvgIpc) is 2.84. The van der Waals surface area contributed by atoms with Crippen molar-refractivity contribution in [3.63, 3.8) is 0 Å². The predicted octanol–water partition coefficient (Wildman–Crippen LogP) is 3.46. The van der Waals surface area contributed by atoms with Crippen molar-refractivity contribution in [1.29, 1.82) is 5.26 Å².